The number of aromatic nitrogens is 3. The molecule has 0 fully saturated rings. The van der Waals surface area contributed by atoms with E-state index in [0.717, 1.165) is 22.2 Å². The minimum atomic E-state index is 0.117. The average Bonchev–Trinajstić information content (AvgIpc) is 3.05. The third kappa shape index (κ3) is 2.01. The maximum absolute atomic E-state index is 8.84. The SMILES string of the molecule is Cn1ccc(Cn2ccc3c(/C(N)=N/O)cccc32)n1. The summed E-state index contributed by atoms with van der Waals surface area (Å²) in [7, 11) is 1.90. The molecule has 0 atom stereocenters. The van der Waals surface area contributed by atoms with Crippen molar-refractivity contribution in [2.45, 2.75) is 6.54 Å². The third-order valence-electron chi connectivity index (χ3n) is 3.30. The Balaban J connectivity index is 2.06. The summed E-state index contributed by atoms with van der Waals surface area (Å²) in [5.74, 6) is 0.117. The molecule has 0 bridgehead atoms. The van der Waals surface area contributed by atoms with Crippen molar-refractivity contribution in [1.29, 1.82) is 0 Å². The number of oxime groups is 1. The first-order chi connectivity index (χ1) is 9.69. The molecule has 1 aromatic carbocycles. The number of fused-ring (bicyclic) bond motifs is 1. The predicted octanol–water partition coefficient (Wildman–Crippen LogP) is 1.52. The van der Waals surface area contributed by atoms with Crippen LogP contribution in [0.5, 0.6) is 0 Å². The summed E-state index contributed by atoms with van der Waals surface area (Å²) >= 11 is 0. The average molecular weight is 269 g/mol. The van der Waals surface area contributed by atoms with Crippen LogP contribution in [0.4, 0.5) is 0 Å². The summed E-state index contributed by atoms with van der Waals surface area (Å²) in [5.41, 5.74) is 8.44. The number of nitrogens with zero attached hydrogens (tertiary/aromatic N) is 4. The van der Waals surface area contributed by atoms with E-state index in [9.17, 15) is 0 Å². The van der Waals surface area contributed by atoms with Crippen molar-refractivity contribution in [3.63, 3.8) is 0 Å². The summed E-state index contributed by atoms with van der Waals surface area (Å²) in [5, 5.41) is 17.2. The molecule has 6 heteroatoms. The van der Waals surface area contributed by atoms with E-state index < -0.39 is 0 Å². The van der Waals surface area contributed by atoms with Gasteiger partial charge < -0.3 is 15.5 Å². The highest BCUT2D eigenvalue weighted by atomic mass is 16.4. The molecule has 0 amide bonds. The van der Waals surface area contributed by atoms with Gasteiger partial charge in [0.15, 0.2) is 5.84 Å². The molecule has 0 unspecified atom stereocenters. The first-order valence-electron chi connectivity index (χ1n) is 6.23. The van der Waals surface area contributed by atoms with Gasteiger partial charge in [-0.3, -0.25) is 4.68 Å². The molecular weight excluding hydrogens is 254 g/mol. The van der Waals surface area contributed by atoms with Crippen LogP contribution in [0.1, 0.15) is 11.3 Å². The summed E-state index contributed by atoms with van der Waals surface area (Å²) in [6.07, 6.45) is 3.90. The molecule has 20 heavy (non-hydrogen) atoms. The second-order valence-electron chi connectivity index (χ2n) is 4.65. The zero-order chi connectivity index (χ0) is 14.1. The van der Waals surface area contributed by atoms with Crippen LogP contribution in [0.3, 0.4) is 0 Å². The second kappa shape index (κ2) is 4.73. The molecule has 3 N–H and O–H groups in total. The van der Waals surface area contributed by atoms with E-state index in [2.05, 4.69) is 14.8 Å². The summed E-state index contributed by atoms with van der Waals surface area (Å²) in [6.45, 7) is 0.684. The molecule has 0 spiro atoms. The van der Waals surface area contributed by atoms with E-state index in [1.165, 1.54) is 0 Å². The van der Waals surface area contributed by atoms with E-state index in [1.54, 1.807) is 4.68 Å². The van der Waals surface area contributed by atoms with Crippen molar-refractivity contribution in [2.24, 2.45) is 17.9 Å². The van der Waals surface area contributed by atoms with Crippen LogP contribution < -0.4 is 5.73 Å². The quantitative estimate of drug-likeness (QED) is 0.327. The van der Waals surface area contributed by atoms with Crippen LogP contribution >= 0.6 is 0 Å². The van der Waals surface area contributed by atoms with E-state index >= 15 is 0 Å². The molecule has 3 rings (SSSR count). The molecule has 0 aliphatic carbocycles. The number of aryl methyl sites for hydroxylation is 1. The molecule has 6 nitrogen and oxygen atoms in total. The fourth-order valence-electron chi connectivity index (χ4n) is 2.36. The molecule has 3 aromatic rings. The van der Waals surface area contributed by atoms with Gasteiger partial charge in [0.05, 0.1) is 12.2 Å². The van der Waals surface area contributed by atoms with E-state index in [-0.39, 0.29) is 5.84 Å². The second-order valence-corrected chi connectivity index (χ2v) is 4.65. The van der Waals surface area contributed by atoms with Crippen molar-refractivity contribution < 1.29 is 5.21 Å². The number of nitrogens with two attached hydrogens (primary N) is 1. The minimum absolute atomic E-state index is 0.117. The topological polar surface area (TPSA) is 81.4 Å². The Labute approximate surface area is 115 Å². The molecule has 0 aliphatic heterocycles. The van der Waals surface area contributed by atoms with E-state index in [4.69, 9.17) is 10.9 Å². The van der Waals surface area contributed by atoms with Crippen LogP contribution in [-0.4, -0.2) is 25.4 Å². The van der Waals surface area contributed by atoms with Gasteiger partial charge >= 0.3 is 0 Å². The fraction of sp³-hybridized carbons (Fsp3) is 0.143. The number of hydrogen-bond donors (Lipinski definition) is 2. The maximum Gasteiger partial charge on any atom is 0.170 e. The molecule has 0 aliphatic rings. The van der Waals surface area contributed by atoms with Crippen LogP contribution in [0.2, 0.25) is 0 Å². The van der Waals surface area contributed by atoms with Crippen molar-refractivity contribution in [1.82, 2.24) is 14.3 Å². The van der Waals surface area contributed by atoms with Crippen LogP contribution in [0.15, 0.2) is 47.9 Å². The highest BCUT2D eigenvalue weighted by Gasteiger charge is 2.09. The summed E-state index contributed by atoms with van der Waals surface area (Å²) in [6, 6.07) is 9.68. The molecule has 102 valence electrons. The molecule has 0 saturated carbocycles. The highest BCUT2D eigenvalue weighted by molar-refractivity contribution is 6.08. The third-order valence-corrected chi connectivity index (χ3v) is 3.30. The largest absolute Gasteiger partial charge is 0.409 e. The Bertz CT molecular complexity index is 784. The van der Waals surface area contributed by atoms with Gasteiger partial charge in [0.2, 0.25) is 0 Å². The Kier molecular flexibility index (Phi) is 2.90. The first kappa shape index (κ1) is 12.3. The van der Waals surface area contributed by atoms with Crippen molar-refractivity contribution in [3.8, 4) is 0 Å². The van der Waals surface area contributed by atoms with Crippen molar-refractivity contribution in [2.75, 3.05) is 0 Å². The van der Waals surface area contributed by atoms with Gasteiger partial charge in [-0.05, 0) is 18.2 Å². The lowest BCUT2D eigenvalue weighted by Crippen LogP contribution is -2.13. The zero-order valence-corrected chi connectivity index (χ0v) is 11.1. The fourth-order valence-corrected chi connectivity index (χ4v) is 2.36. The Morgan fingerprint density at radius 3 is 2.85 bits per heavy atom. The minimum Gasteiger partial charge on any atom is -0.409 e. The maximum atomic E-state index is 8.84. The van der Waals surface area contributed by atoms with Gasteiger partial charge in [-0.25, -0.2) is 0 Å². The van der Waals surface area contributed by atoms with Gasteiger partial charge in [0.25, 0.3) is 0 Å². The predicted molar refractivity (Wildman–Crippen MR) is 76.8 cm³/mol. The monoisotopic (exact) mass is 269 g/mol. The molecule has 0 radical (unpaired) electrons. The van der Waals surface area contributed by atoms with Crippen LogP contribution in [0, 0.1) is 0 Å². The normalized spacial score (nSPS) is 12.2. The first-order valence-corrected chi connectivity index (χ1v) is 6.23. The van der Waals surface area contributed by atoms with Crippen molar-refractivity contribution in [3.05, 3.63) is 54.0 Å². The standard InChI is InChI=1S/C14H15N5O/c1-18-7-5-10(16-18)9-19-8-6-11-12(14(15)17-20)3-2-4-13(11)19/h2-8,20H,9H2,1H3,(H2,15,17). The van der Waals surface area contributed by atoms with Gasteiger partial charge in [-0.2, -0.15) is 5.10 Å². The Hall–Kier alpha value is -2.76. The van der Waals surface area contributed by atoms with E-state index in [1.807, 2.05) is 49.8 Å². The molecular formula is C14H15N5O. The van der Waals surface area contributed by atoms with Crippen molar-refractivity contribution >= 4 is 16.7 Å². The number of hydrogen-bond acceptors (Lipinski definition) is 3. The lowest BCUT2D eigenvalue weighted by Gasteiger charge is -2.05. The van der Waals surface area contributed by atoms with Crippen LogP contribution in [0.25, 0.3) is 10.9 Å². The van der Waals surface area contributed by atoms with Gasteiger partial charge in [0.1, 0.15) is 0 Å². The van der Waals surface area contributed by atoms with Gasteiger partial charge in [-0.1, -0.05) is 17.3 Å². The lowest BCUT2D eigenvalue weighted by atomic mass is 10.1. The Morgan fingerprint density at radius 2 is 2.15 bits per heavy atom. The zero-order valence-electron chi connectivity index (χ0n) is 11.1. The van der Waals surface area contributed by atoms with Gasteiger partial charge in [0, 0.05) is 35.9 Å². The smallest absolute Gasteiger partial charge is 0.170 e. The summed E-state index contributed by atoms with van der Waals surface area (Å²) in [4.78, 5) is 0. The highest BCUT2D eigenvalue weighted by Crippen LogP contribution is 2.21. The number of benzene rings is 1. The summed E-state index contributed by atoms with van der Waals surface area (Å²) < 4.78 is 3.87. The number of rotatable bonds is 3. The molecule has 0 saturated heterocycles. The Morgan fingerprint density at radius 1 is 1.30 bits per heavy atom. The molecule has 2 heterocycles. The lowest BCUT2D eigenvalue weighted by molar-refractivity contribution is 0.318. The van der Waals surface area contributed by atoms with Gasteiger partial charge in [-0.15, -0.1) is 0 Å². The number of amidine groups is 1. The van der Waals surface area contributed by atoms with E-state index in [0.29, 0.717) is 6.54 Å². The van der Waals surface area contributed by atoms with Crippen LogP contribution in [-0.2, 0) is 13.6 Å². The molecule has 2 aromatic heterocycles.